The minimum Gasteiger partial charge on any atom is -0.387 e. The van der Waals surface area contributed by atoms with E-state index in [2.05, 4.69) is 24.2 Å². The van der Waals surface area contributed by atoms with Crippen LogP contribution in [0.15, 0.2) is 34.3 Å². The van der Waals surface area contributed by atoms with Gasteiger partial charge in [0.15, 0.2) is 0 Å². The van der Waals surface area contributed by atoms with Crippen LogP contribution in [0.1, 0.15) is 30.7 Å². The van der Waals surface area contributed by atoms with Gasteiger partial charge in [0.25, 0.3) is 0 Å². The summed E-state index contributed by atoms with van der Waals surface area (Å²) in [7, 11) is 0. The van der Waals surface area contributed by atoms with E-state index in [0.717, 1.165) is 47.5 Å². The summed E-state index contributed by atoms with van der Waals surface area (Å²) in [4.78, 5) is 15.8. The van der Waals surface area contributed by atoms with Crippen molar-refractivity contribution in [1.29, 1.82) is 0 Å². The molecule has 0 spiro atoms. The standard InChI is InChI=1S/C18H23ClN6S/c1-13-22-18(26-24-13)25-9-6-16(7-10-25)23-17(20)5-8-21-12-14-3-2-4-15(19)11-14/h2-4,8,11,16H,5-7,9-10,12H2,1H3,(H2,20,23). The molecule has 6 nitrogen and oxygen atoms in total. The van der Waals surface area contributed by atoms with Gasteiger partial charge in [-0.15, -0.1) is 0 Å². The molecule has 26 heavy (non-hydrogen) atoms. The second kappa shape index (κ2) is 9.09. The van der Waals surface area contributed by atoms with Gasteiger partial charge in [-0.05, 0) is 37.5 Å². The third kappa shape index (κ3) is 5.51. The Morgan fingerprint density at radius 3 is 2.92 bits per heavy atom. The zero-order chi connectivity index (χ0) is 18.4. The average molecular weight is 391 g/mol. The number of piperidine rings is 1. The van der Waals surface area contributed by atoms with Gasteiger partial charge in [0.05, 0.1) is 18.4 Å². The number of aromatic nitrogens is 2. The first-order chi connectivity index (χ1) is 12.6. The Morgan fingerprint density at radius 2 is 2.23 bits per heavy atom. The fourth-order valence-corrected chi connectivity index (χ4v) is 3.79. The van der Waals surface area contributed by atoms with Crippen molar-refractivity contribution < 1.29 is 0 Å². The van der Waals surface area contributed by atoms with E-state index in [9.17, 15) is 0 Å². The summed E-state index contributed by atoms with van der Waals surface area (Å²) >= 11 is 7.43. The molecule has 1 saturated heterocycles. The van der Waals surface area contributed by atoms with Crippen molar-refractivity contribution in [2.75, 3.05) is 18.0 Å². The summed E-state index contributed by atoms with van der Waals surface area (Å²) in [5.41, 5.74) is 7.15. The van der Waals surface area contributed by atoms with Crippen LogP contribution in [0, 0.1) is 6.92 Å². The Morgan fingerprint density at radius 1 is 1.42 bits per heavy atom. The van der Waals surface area contributed by atoms with Crippen LogP contribution >= 0.6 is 23.1 Å². The molecule has 1 aliphatic rings. The maximum Gasteiger partial charge on any atom is 0.205 e. The molecular weight excluding hydrogens is 368 g/mol. The zero-order valence-electron chi connectivity index (χ0n) is 14.8. The van der Waals surface area contributed by atoms with Gasteiger partial charge in [-0.25, -0.2) is 4.98 Å². The highest BCUT2D eigenvalue weighted by atomic mass is 35.5. The molecule has 0 amide bonds. The molecular formula is C18H23ClN6S. The first kappa shape index (κ1) is 18.8. The molecule has 138 valence electrons. The van der Waals surface area contributed by atoms with E-state index in [-0.39, 0.29) is 6.04 Å². The largest absolute Gasteiger partial charge is 0.387 e. The average Bonchev–Trinajstić information content (AvgIpc) is 3.06. The Hall–Kier alpha value is -1.99. The molecule has 0 unspecified atom stereocenters. The first-order valence-corrected chi connectivity index (χ1v) is 9.85. The monoisotopic (exact) mass is 390 g/mol. The van der Waals surface area contributed by atoms with Crippen molar-refractivity contribution in [3.63, 3.8) is 0 Å². The third-order valence-electron chi connectivity index (χ3n) is 4.19. The first-order valence-electron chi connectivity index (χ1n) is 8.70. The number of nitrogens with two attached hydrogens (primary N) is 1. The van der Waals surface area contributed by atoms with Crippen LogP contribution < -0.4 is 10.6 Å². The molecule has 0 radical (unpaired) electrons. The minimum absolute atomic E-state index is 0.279. The van der Waals surface area contributed by atoms with Gasteiger partial charge in [0.1, 0.15) is 5.82 Å². The van der Waals surface area contributed by atoms with Gasteiger partial charge in [-0.2, -0.15) is 4.37 Å². The second-order valence-electron chi connectivity index (χ2n) is 6.32. The molecule has 0 atom stereocenters. The van der Waals surface area contributed by atoms with E-state index in [1.807, 2.05) is 37.4 Å². The maximum atomic E-state index is 6.06. The zero-order valence-corrected chi connectivity index (χ0v) is 16.4. The summed E-state index contributed by atoms with van der Waals surface area (Å²) in [5.74, 6) is 1.48. The molecule has 0 aliphatic carbocycles. The smallest absolute Gasteiger partial charge is 0.205 e. The number of aryl methyl sites for hydroxylation is 1. The lowest BCUT2D eigenvalue weighted by Crippen LogP contribution is -2.36. The summed E-state index contributed by atoms with van der Waals surface area (Å²) in [5, 5.41) is 1.74. The fourth-order valence-electron chi connectivity index (χ4n) is 2.85. The lowest BCUT2D eigenvalue weighted by Gasteiger charge is -2.29. The number of hydrogen-bond acceptors (Lipinski definition) is 6. The third-order valence-corrected chi connectivity index (χ3v) is 5.30. The van der Waals surface area contributed by atoms with Crippen molar-refractivity contribution >= 4 is 40.3 Å². The minimum atomic E-state index is 0.279. The summed E-state index contributed by atoms with van der Waals surface area (Å²) in [6.07, 6.45) is 4.38. The van der Waals surface area contributed by atoms with Crippen molar-refractivity contribution in [2.45, 2.75) is 38.8 Å². The van der Waals surface area contributed by atoms with Gasteiger partial charge in [0.2, 0.25) is 5.13 Å². The second-order valence-corrected chi connectivity index (χ2v) is 7.49. The van der Waals surface area contributed by atoms with Crippen LogP contribution in [0.4, 0.5) is 5.13 Å². The molecule has 3 rings (SSSR count). The highest BCUT2D eigenvalue weighted by Crippen LogP contribution is 2.23. The number of halogens is 1. The Balaban J connectivity index is 1.43. The Labute approximate surface area is 163 Å². The molecule has 8 heteroatoms. The number of hydrogen-bond donors (Lipinski definition) is 1. The van der Waals surface area contributed by atoms with E-state index in [1.54, 1.807) is 0 Å². The van der Waals surface area contributed by atoms with Crippen molar-refractivity contribution in [3.8, 4) is 0 Å². The quantitative estimate of drug-likeness (QED) is 0.604. The van der Waals surface area contributed by atoms with Gasteiger partial charge < -0.3 is 10.6 Å². The predicted molar refractivity (Wildman–Crippen MR) is 110 cm³/mol. The van der Waals surface area contributed by atoms with E-state index in [4.69, 9.17) is 17.3 Å². The van der Waals surface area contributed by atoms with Crippen LogP contribution in [0.3, 0.4) is 0 Å². The number of benzene rings is 1. The van der Waals surface area contributed by atoms with E-state index in [1.165, 1.54) is 11.5 Å². The molecule has 0 bridgehead atoms. The lowest BCUT2D eigenvalue weighted by molar-refractivity contribution is 0.502. The Bertz CT molecular complexity index is 779. The number of aliphatic imine (C=N–C) groups is 2. The van der Waals surface area contributed by atoms with E-state index in [0.29, 0.717) is 18.8 Å². The highest BCUT2D eigenvalue weighted by molar-refractivity contribution is 7.09. The summed E-state index contributed by atoms with van der Waals surface area (Å²) in [6, 6.07) is 7.99. The molecule has 2 aromatic rings. The highest BCUT2D eigenvalue weighted by Gasteiger charge is 2.21. The topological polar surface area (TPSA) is 79.8 Å². The van der Waals surface area contributed by atoms with Crippen LogP contribution in [0.5, 0.6) is 0 Å². The lowest BCUT2D eigenvalue weighted by atomic mass is 10.1. The van der Waals surface area contributed by atoms with E-state index >= 15 is 0 Å². The normalized spacial score (nSPS) is 16.5. The van der Waals surface area contributed by atoms with Crippen LogP contribution in [0.25, 0.3) is 0 Å². The summed E-state index contributed by atoms with van der Waals surface area (Å²) in [6.45, 7) is 4.41. The molecule has 0 saturated carbocycles. The van der Waals surface area contributed by atoms with Gasteiger partial charge in [-0.1, -0.05) is 23.7 Å². The number of anilines is 1. The fraction of sp³-hybridized carbons (Fsp3) is 0.444. The summed E-state index contributed by atoms with van der Waals surface area (Å²) < 4.78 is 4.25. The number of nitrogens with zero attached hydrogens (tertiary/aromatic N) is 5. The SMILES string of the molecule is Cc1nsc(N2CCC(N=C(N)CC=NCc3cccc(Cl)c3)CC2)n1. The van der Waals surface area contributed by atoms with Gasteiger partial charge in [0, 0.05) is 42.3 Å². The van der Waals surface area contributed by atoms with Crippen molar-refractivity contribution in [3.05, 3.63) is 40.7 Å². The van der Waals surface area contributed by atoms with Crippen LogP contribution in [0.2, 0.25) is 5.02 Å². The molecule has 1 aliphatic heterocycles. The maximum absolute atomic E-state index is 6.06. The van der Waals surface area contributed by atoms with Crippen LogP contribution in [-0.2, 0) is 6.54 Å². The predicted octanol–water partition coefficient (Wildman–Crippen LogP) is 3.49. The van der Waals surface area contributed by atoms with E-state index < -0.39 is 0 Å². The molecule has 2 N–H and O–H groups in total. The molecule has 1 aromatic carbocycles. The van der Waals surface area contributed by atoms with Crippen LogP contribution in [-0.4, -0.2) is 40.5 Å². The van der Waals surface area contributed by atoms with Crippen molar-refractivity contribution in [2.24, 2.45) is 15.7 Å². The van der Waals surface area contributed by atoms with Gasteiger partial charge in [-0.3, -0.25) is 9.98 Å². The number of rotatable bonds is 6. The molecule has 1 aromatic heterocycles. The molecule has 1 fully saturated rings. The Kier molecular flexibility index (Phi) is 6.57. The molecule has 2 heterocycles. The van der Waals surface area contributed by atoms with Gasteiger partial charge >= 0.3 is 0 Å². The van der Waals surface area contributed by atoms with Crippen molar-refractivity contribution in [1.82, 2.24) is 9.36 Å². The number of amidine groups is 1.